The van der Waals surface area contributed by atoms with Crippen LogP contribution in [-0.2, 0) is 11.2 Å². The predicted molar refractivity (Wildman–Crippen MR) is 103 cm³/mol. The van der Waals surface area contributed by atoms with Gasteiger partial charge in [-0.15, -0.1) is 18.3 Å². The van der Waals surface area contributed by atoms with Crippen LogP contribution in [0.2, 0.25) is 0 Å². The highest BCUT2D eigenvalue weighted by Crippen LogP contribution is 2.34. The Labute approximate surface area is 159 Å². The molecule has 3 rings (SSSR count). The molecule has 1 aliphatic rings. The van der Waals surface area contributed by atoms with Crippen molar-refractivity contribution in [3.05, 3.63) is 58.8 Å². The predicted octanol–water partition coefficient (Wildman–Crippen LogP) is 2.80. The van der Waals surface area contributed by atoms with Crippen molar-refractivity contribution in [2.24, 2.45) is 0 Å². The Morgan fingerprint density at radius 1 is 1.50 bits per heavy atom. The Morgan fingerprint density at radius 2 is 2.23 bits per heavy atom. The summed E-state index contributed by atoms with van der Waals surface area (Å²) in [6.07, 6.45) is 2.32. The first-order valence-corrected chi connectivity index (χ1v) is 9.95. The largest absolute Gasteiger partial charge is 0.352 e. The molecule has 1 aliphatic heterocycles. The molecule has 8 heteroatoms. The molecule has 136 valence electrons. The number of aromatic nitrogens is 2. The highest BCUT2D eigenvalue weighted by Gasteiger charge is 2.27. The number of hydrogen-bond donors (Lipinski definition) is 1. The molecule has 0 radical (unpaired) electrons. The van der Waals surface area contributed by atoms with E-state index < -0.39 is 0 Å². The molecule has 1 amide bonds. The Kier molecular flexibility index (Phi) is 5.83. The van der Waals surface area contributed by atoms with Crippen LogP contribution in [0.1, 0.15) is 12.6 Å². The van der Waals surface area contributed by atoms with Gasteiger partial charge in [-0.3, -0.25) is 14.2 Å². The number of thioether (sulfide) groups is 2. The lowest BCUT2D eigenvalue weighted by molar-refractivity contribution is -0.118. The minimum Gasteiger partial charge on any atom is -0.352 e. The number of fused-ring (bicyclic) bond motifs is 1. The van der Waals surface area contributed by atoms with Gasteiger partial charge in [-0.25, -0.2) is 9.37 Å². The van der Waals surface area contributed by atoms with E-state index in [-0.39, 0.29) is 28.3 Å². The Balaban J connectivity index is 1.99. The Hall–Kier alpha value is -2.06. The van der Waals surface area contributed by atoms with Crippen LogP contribution in [0.25, 0.3) is 5.69 Å². The van der Waals surface area contributed by atoms with Crippen molar-refractivity contribution in [3.63, 3.8) is 0 Å². The number of carbonyl (C=O) groups is 1. The molecule has 0 spiro atoms. The molecule has 2 heterocycles. The van der Waals surface area contributed by atoms with Gasteiger partial charge in [0.1, 0.15) is 5.82 Å². The number of rotatable bonds is 6. The van der Waals surface area contributed by atoms with E-state index in [4.69, 9.17) is 0 Å². The van der Waals surface area contributed by atoms with Crippen LogP contribution in [0.15, 0.2) is 51.8 Å². The molecule has 1 aromatic heterocycles. The van der Waals surface area contributed by atoms with Crippen molar-refractivity contribution < 1.29 is 9.18 Å². The molecule has 1 aromatic carbocycles. The van der Waals surface area contributed by atoms with Crippen LogP contribution in [0.4, 0.5) is 4.39 Å². The van der Waals surface area contributed by atoms with Gasteiger partial charge in [0.2, 0.25) is 5.91 Å². The maximum atomic E-state index is 13.3. The number of benzene rings is 1. The fourth-order valence-corrected chi connectivity index (χ4v) is 4.54. The van der Waals surface area contributed by atoms with E-state index in [1.54, 1.807) is 6.08 Å². The fraction of sp³-hybridized carbons (Fsp3) is 0.278. The zero-order valence-corrected chi connectivity index (χ0v) is 15.8. The molecule has 0 saturated carbocycles. The third kappa shape index (κ3) is 4.02. The zero-order valence-electron chi connectivity index (χ0n) is 14.2. The first-order valence-electron chi connectivity index (χ1n) is 8.08. The lowest BCUT2D eigenvalue weighted by atomic mass is 10.2. The normalized spacial score (nSPS) is 15.5. The van der Waals surface area contributed by atoms with Crippen molar-refractivity contribution in [2.75, 3.05) is 12.3 Å². The number of halogens is 1. The summed E-state index contributed by atoms with van der Waals surface area (Å²) in [4.78, 5) is 30.2. The van der Waals surface area contributed by atoms with E-state index in [0.29, 0.717) is 22.3 Å². The Bertz CT molecular complexity index is 897. The van der Waals surface area contributed by atoms with Crippen LogP contribution in [0.5, 0.6) is 0 Å². The van der Waals surface area contributed by atoms with Crippen molar-refractivity contribution in [2.45, 2.75) is 28.6 Å². The van der Waals surface area contributed by atoms with Crippen LogP contribution in [0, 0.1) is 5.82 Å². The van der Waals surface area contributed by atoms with E-state index in [1.807, 2.05) is 6.92 Å². The molecule has 0 saturated heterocycles. The highest BCUT2D eigenvalue weighted by atomic mass is 32.2. The van der Waals surface area contributed by atoms with Crippen molar-refractivity contribution in [1.82, 2.24) is 14.9 Å². The third-order valence-corrected chi connectivity index (χ3v) is 5.90. The minimum absolute atomic E-state index is 0.128. The lowest BCUT2D eigenvalue weighted by Gasteiger charge is -2.13. The van der Waals surface area contributed by atoms with Gasteiger partial charge in [-0.05, 0) is 24.3 Å². The van der Waals surface area contributed by atoms with Gasteiger partial charge in [-0.1, -0.05) is 24.8 Å². The van der Waals surface area contributed by atoms with Crippen LogP contribution >= 0.6 is 23.5 Å². The molecule has 0 aliphatic carbocycles. The van der Waals surface area contributed by atoms with Gasteiger partial charge < -0.3 is 5.32 Å². The maximum Gasteiger partial charge on any atom is 0.272 e. The zero-order chi connectivity index (χ0) is 18.7. The highest BCUT2D eigenvalue weighted by molar-refractivity contribution is 8.00. The second-order valence-electron chi connectivity index (χ2n) is 5.80. The number of nitrogens with one attached hydrogen (secondary N) is 1. The van der Waals surface area contributed by atoms with Gasteiger partial charge in [-0.2, -0.15) is 0 Å². The molecule has 1 atom stereocenters. The topological polar surface area (TPSA) is 64.0 Å². The Morgan fingerprint density at radius 3 is 2.92 bits per heavy atom. The second-order valence-corrected chi connectivity index (χ2v) is 8.19. The number of amides is 1. The first kappa shape index (κ1) is 18.7. The molecule has 5 nitrogen and oxygen atoms in total. The molecule has 2 aromatic rings. The summed E-state index contributed by atoms with van der Waals surface area (Å²) in [7, 11) is 0. The molecular weight excluding hydrogens is 373 g/mol. The van der Waals surface area contributed by atoms with E-state index in [2.05, 4.69) is 16.9 Å². The van der Waals surface area contributed by atoms with Gasteiger partial charge in [0, 0.05) is 18.2 Å². The molecule has 1 N–H and O–H groups in total. The average Bonchev–Trinajstić information content (AvgIpc) is 3.00. The molecule has 0 bridgehead atoms. The minimum atomic E-state index is -0.378. The standard InChI is InChI=1S/C18H18FN3O2S2/c1-3-8-20-15(23)10-25-18-21-14-9-11(2)26-16(14)17(24)22(18)13-6-4-12(19)5-7-13/h3-7,11H,1,8-10H2,2H3,(H,20,23). The quantitative estimate of drug-likeness (QED) is 0.466. The second kappa shape index (κ2) is 8.09. The first-order chi connectivity index (χ1) is 12.5. The van der Waals surface area contributed by atoms with Gasteiger partial charge in [0.15, 0.2) is 5.16 Å². The number of hydrogen-bond acceptors (Lipinski definition) is 5. The fourth-order valence-electron chi connectivity index (χ4n) is 2.58. The number of nitrogens with zero attached hydrogens (tertiary/aromatic N) is 2. The van der Waals surface area contributed by atoms with Crippen molar-refractivity contribution >= 4 is 29.4 Å². The van der Waals surface area contributed by atoms with Crippen LogP contribution in [0.3, 0.4) is 0 Å². The van der Waals surface area contributed by atoms with E-state index in [1.165, 1.54) is 52.4 Å². The average molecular weight is 391 g/mol. The summed E-state index contributed by atoms with van der Waals surface area (Å²) < 4.78 is 14.7. The summed E-state index contributed by atoms with van der Waals surface area (Å²) in [6, 6.07) is 5.68. The van der Waals surface area contributed by atoms with Gasteiger partial charge >= 0.3 is 0 Å². The summed E-state index contributed by atoms with van der Waals surface area (Å²) in [5.74, 6) is -0.418. The third-order valence-electron chi connectivity index (χ3n) is 3.74. The van der Waals surface area contributed by atoms with Crippen LogP contribution in [-0.4, -0.2) is 33.0 Å². The van der Waals surface area contributed by atoms with Crippen molar-refractivity contribution in [3.8, 4) is 5.69 Å². The smallest absolute Gasteiger partial charge is 0.272 e. The van der Waals surface area contributed by atoms with E-state index in [9.17, 15) is 14.0 Å². The van der Waals surface area contributed by atoms with Gasteiger partial charge in [0.05, 0.1) is 22.0 Å². The summed E-state index contributed by atoms with van der Waals surface area (Å²) in [6.45, 7) is 5.99. The van der Waals surface area contributed by atoms with Crippen molar-refractivity contribution in [1.29, 1.82) is 0 Å². The summed E-state index contributed by atoms with van der Waals surface area (Å²) >= 11 is 2.69. The summed E-state index contributed by atoms with van der Waals surface area (Å²) in [5, 5.41) is 3.41. The monoisotopic (exact) mass is 391 g/mol. The van der Waals surface area contributed by atoms with Gasteiger partial charge in [0.25, 0.3) is 5.56 Å². The maximum absolute atomic E-state index is 13.3. The summed E-state index contributed by atoms with van der Waals surface area (Å²) in [5.41, 5.74) is 1.12. The SMILES string of the molecule is C=CCNC(=O)CSc1nc2c(c(=O)n1-c1ccc(F)cc1)SC(C)C2. The lowest BCUT2D eigenvalue weighted by Crippen LogP contribution is -2.27. The molecule has 0 fully saturated rings. The number of carbonyl (C=O) groups excluding carboxylic acids is 1. The molecular formula is C18H18FN3O2S2. The van der Waals surface area contributed by atoms with Crippen LogP contribution < -0.4 is 10.9 Å². The van der Waals surface area contributed by atoms with E-state index >= 15 is 0 Å². The molecule has 26 heavy (non-hydrogen) atoms. The molecule has 1 unspecified atom stereocenters. The van der Waals surface area contributed by atoms with E-state index in [0.717, 1.165) is 12.1 Å².